The molecule has 1 heterocycles. The van der Waals surface area contributed by atoms with E-state index in [0.717, 1.165) is 30.2 Å². The molecule has 1 N–H and O–H groups in total. The molecule has 2 aromatic carbocycles. The Balaban J connectivity index is 1.55. The van der Waals surface area contributed by atoms with E-state index in [9.17, 15) is 4.79 Å². The van der Waals surface area contributed by atoms with Crippen molar-refractivity contribution in [1.29, 1.82) is 0 Å². The van der Waals surface area contributed by atoms with E-state index < -0.39 is 0 Å². The fourth-order valence-corrected chi connectivity index (χ4v) is 3.12. The molecule has 1 aliphatic heterocycles. The van der Waals surface area contributed by atoms with Crippen molar-refractivity contribution in [3.8, 4) is 11.5 Å². The Morgan fingerprint density at radius 2 is 1.92 bits per heavy atom. The molecule has 0 aromatic heterocycles. The standard InChI is InChI=1S/C20H24N2O3/c1-24-17-7-8-19(25-2)18(13-17)21-11-9-20(23)22-12-10-15-5-3-4-6-16(15)14-22/h3-8,13,21H,9-12,14H2,1-2H3. The van der Waals surface area contributed by atoms with Gasteiger partial charge in [-0.05, 0) is 29.7 Å². The van der Waals surface area contributed by atoms with Crippen LogP contribution in [0.1, 0.15) is 17.5 Å². The van der Waals surface area contributed by atoms with Gasteiger partial charge in [0.2, 0.25) is 5.91 Å². The maximum atomic E-state index is 12.5. The number of amides is 1. The molecule has 25 heavy (non-hydrogen) atoms. The molecule has 0 saturated carbocycles. The summed E-state index contributed by atoms with van der Waals surface area (Å²) >= 11 is 0. The van der Waals surface area contributed by atoms with Gasteiger partial charge in [-0.2, -0.15) is 0 Å². The Morgan fingerprint density at radius 1 is 1.12 bits per heavy atom. The van der Waals surface area contributed by atoms with Gasteiger partial charge in [0.05, 0.1) is 19.9 Å². The molecule has 2 aromatic rings. The third kappa shape index (κ3) is 4.05. The predicted octanol–water partition coefficient (Wildman–Crippen LogP) is 3.09. The number of nitrogens with zero attached hydrogens (tertiary/aromatic N) is 1. The van der Waals surface area contributed by atoms with E-state index in [0.29, 0.717) is 19.5 Å². The van der Waals surface area contributed by atoms with E-state index >= 15 is 0 Å². The van der Waals surface area contributed by atoms with Crippen molar-refractivity contribution in [1.82, 2.24) is 4.90 Å². The Bertz CT molecular complexity index is 745. The van der Waals surface area contributed by atoms with Crippen molar-refractivity contribution < 1.29 is 14.3 Å². The normalized spacial score (nSPS) is 13.1. The van der Waals surface area contributed by atoms with Crippen LogP contribution >= 0.6 is 0 Å². The second-order valence-corrected chi connectivity index (χ2v) is 6.08. The average molecular weight is 340 g/mol. The predicted molar refractivity (Wildman–Crippen MR) is 98.2 cm³/mol. The molecular weight excluding hydrogens is 316 g/mol. The fraction of sp³-hybridized carbons (Fsp3) is 0.350. The lowest BCUT2D eigenvalue weighted by molar-refractivity contribution is -0.131. The summed E-state index contributed by atoms with van der Waals surface area (Å²) in [6.07, 6.45) is 1.38. The van der Waals surface area contributed by atoms with E-state index in [1.807, 2.05) is 29.2 Å². The van der Waals surface area contributed by atoms with Crippen LogP contribution in [-0.4, -0.2) is 38.1 Å². The van der Waals surface area contributed by atoms with Gasteiger partial charge >= 0.3 is 0 Å². The highest BCUT2D eigenvalue weighted by atomic mass is 16.5. The highest BCUT2D eigenvalue weighted by Crippen LogP contribution is 2.28. The van der Waals surface area contributed by atoms with Crippen LogP contribution in [-0.2, 0) is 17.8 Å². The summed E-state index contributed by atoms with van der Waals surface area (Å²) < 4.78 is 10.6. The molecule has 0 saturated heterocycles. The first kappa shape index (κ1) is 17.1. The molecule has 0 aliphatic carbocycles. The molecule has 0 atom stereocenters. The van der Waals surface area contributed by atoms with Gasteiger partial charge in [-0.15, -0.1) is 0 Å². The van der Waals surface area contributed by atoms with E-state index in [4.69, 9.17) is 9.47 Å². The number of hydrogen-bond donors (Lipinski definition) is 1. The minimum absolute atomic E-state index is 0.170. The third-order valence-corrected chi connectivity index (χ3v) is 4.54. The number of carbonyl (C=O) groups is 1. The minimum atomic E-state index is 0.170. The van der Waals surface area contributed by atoms with Crippen molar-refractivity contribution in [2.75, 3.05) is 32.6 Å². The van der Waals surface area contributed by atoms with Crippen molar-refractivity contribution >= 4 is 11.6 Å². The van der Waals surface area contributed by atoms with Gasteiger partial charge in [0, 0.05) is 32.1 Å². The summed E-state index contributed by atoms with van der Waals surface area (Å²) in [6, 6.07) is 13.9. The smallest absolute Gasteiger partial charge is 0.224 e. The Morgan fingerprint density at radius 3 is 2.68 bits per heavy atom. The zero-order valence-electron chi connectivity index (χ0n) is 14.7. The second-order valence-electron chi connectivity index (χ2n) is 6.08. The zero-order valence-corrected chi connectivity index (χ0v) is 14.7. The van der Waals surface area contributed by atoms with E-state index in [2.05, 4.69) is 23.5 Å². The summed E-state index contributed by atoms with van der Waals surface area (Å²) in [6.45, 7) is 2.05. The minimum Gasteiger partial charge on any atom is -0.497 e. The molecule has 0 fully saturated rings. The van der Waals surface area contributed by atoms with Gasteiger partial charge in [-0.1, -0.05) is 24.3 Å². The highest BCUT2D eigenvalue weighted by Gasteiger charge is 2.19. The van der Waals surface area contributed by atoms with Crippen molar-refractivity contribution in [2.24, 2.45) is 0 Å². The Kier molecular flexibility index (Phi) is 5.43. The molecule has 0 unspecified atom stereocenters. The summed E-state index contributed by atoms with van der Waals surface area (Å²) in [5.41, 5.74) is 3.44. The first-order valence-electron chi connectivity index (χ1n) is 8.51. The van der Waals surface area contributed by atoms with Gasteiger partial charge in [-0.25, -0.2) is 0 Å². The van der Waals surface area contributed by atoms with Crippen LogP contribution in [0.3, 0.4) is 0 Å². The number of hydrogen-bond acceptors (Lipinski definition) is 4. The SMILES string of the molecule is COc1ccc(OC)c(NCCC(=O)N2CCc3ccccc3C2)c1. The summed E-state index contributed by atoms with van der Waals surface area (Å²) in [5.74, 6) is 1.66. The van der Waals surface area contributed by atoms with Gasteiger partial charge in [0.1, 0.15) is 11.5 Å². The van der Waals surface area contributed by atoms with Crippen LogP contribution in [0.4, 0.5) is 5.69 Å². The van der Waals surface area contributed by atoms with Crippen LogP contribution in [0.15, 0.2) is 42.5 Å². The number of rotatable bonds is 6. The number of nitrogens with one attached hydrogen (secondary N) is 1. The van der Waals surface area contributed by atoms with E-state index in [-0.39, 0.29) is 5.91 Å². The first-order chi connectivity index (χ1) is 12.2. The lowest BCUT2D eigenvalue weighted by Gasteiger charge is -2.29. The lowest BCUT2D eigenvalue weighted by Crippen LogP contribution is -2.36. The first-order valence-corrected chi connectivity index (χ1v) is 8.51. The molecule has 0 spiro atoms. The summed E-state index contributed by atoms with van der Waals surface area (Å²) in [4.78, 5) is 14.4. The summed E-state index contributed by atoms with van der Waals surface area (Å²) in [7, 11) is 3.26. The number of benzene rings is 2. The molecule has 1 aliphatic rings. The number of fused-ring (bicyclic) bond motifs is 1. The lowest BCUT2D eigenvalue weighted by atomic mass is 10.00. The van der Waals surface area contributed by atoms with Crippen LogP contribution in [0.2, 0.25) is 0 Å². The summed E-state index contributed by atoms with van der Waals surface area (Å²) in [5, 5.41) is 3.28. The van der Waals surface area contributed by atoms with Crippen molar-refractivity contribution in [3.05, 3.63) is 53.6 Å². The number of ether oxygens (including phenoxy) is 2. The topological polar surface area (TPSA) is 50.8 Å². The monoisotopic (exact) mass is 340 g/mol. The van der Waals surface area contributed by atoms with E-state index in [1.54, 1.807) is 14.2 Å². The molecular formula is C20H24N2O3. The highest BCUT2D eigenvalue weighted by molar-refractivity contribution is 5.77. The van der Waals surface area contributed by atoms with Crippen molar-refractivity contribution in [2.45, 2.75) is 19.4 Å². The Hall–Kier alpha value is -2.69. The fourth-order valence-electron chi connectivity index (χ4n) is 3.12. The van der Waals surface area contributed by atoms with E-state index in [1.165, 1.54) is 11.1 Å². The maximum absolute atomic E-state index is 12.5. The maximum Gasteiger partial charge on any atom is 0.224 e. The number of anilines is 1. The molecule has 5 nitrogen and oxygen atoms in total. The van der Waals surface area contributed by atoms with Gasteiger partial charge in [0.15, 0.2) is 0 Å². The molecule has 0 bridgehead atoms. The molecule has 5 heteroatoms. The third-order valence-electron chi connectivity index (χ3n) is 4.54. The van der Waals surface area contributed by atoms with Crippen LogP contribution in [0.5, 0.6) is 11.5 Å². The van der Waals surface area contributed by atoms with Gasteiger partial charge in [0.25, 0.3) is 0 Å². The van der Waals surface area contributed by atoms with Gasteiger partial charge < -0.3 is 19.7 Å². The molecule has 3 rings (SSSR count). The molecule has 132 valence electrons. The molecule has 1 amide bonds. The van der Waals surface area contributed by atoms with Crippen LogP contribution in [0, 0.1) is 0 Å². The Labute approximate surface area is 148 Å². The zero-order chi connectivity index (χ0) is 17.6. The average Bonchev–Trinajstić information content (AvgIpc) is 2.67. The second kappa shape index (κ2) is 7.92. The van der Waals surface area contributed by atoms with Crippen molar-refractivity contribution in [3.63, 3.8) is 0 Å². The largest absolute Gasteiger partial charge is 0.497 e. The quantitative estimate of drug-likeness (QED) is 0.878. The van der Waals surface area contributed by atoms with Crippen LogP contribution < -0.4 is 14.8 Å². The number of methoxy groups -OCH3 is 2. The van der Waals surface area contributed by atoms with Gasteiger partial charge in [-0.3, -0.25) is 4.79 Å². The molecule has 0 radical (unpaired) electrons. The number of carbonyl (C=O) groups excluding carboxylic acids is 1. The van der Waals surface area contributed by atoms with Crippen LogP contribution in [0.25, 0.3) is 0 Å².